The lowest BCUT2D eigenvalue weighted by Gasteiger charge is -2.27. The van der Waals surface area contributed by atoms with Crippen molar-refractivity contribution in [3.63, 3.8) is 0 Å². The standard InChI is InChI=1S/C28H36FN3O4/c29-21-7-9-24(20-11-15-35-18-20)25(16-21)26(28(33)34)32-13-10-23(17-32)36-14-2-1-5-22-8-6-19-4-3-12-30-27(19)31-22/h6-9,16,20,23,26H,1-5,10-15,17-18H2,(H,30,31)(H,33,34)/t20-,23-,26?/m1/s1. The number of aromatic nitrogens is 1. The van der Waals surface area contributed by atoms with Crippen molar-refractivity contribution in [2.75, 3.05) is 44.8 Å². The number of likely N-dealkylation sites (tertiary alicyclic amines) is 1. The molecule has 3 atom stereocenters. The third-order valence-corrected chi connectivity index (χ3v) is 7.62. The third-order valence-electron chi connectivity index (χ3n) is 7.62. The predicted octanol–water partition coefficient (Wildman–Crippen LogP) is 4.32. The molecule has 0 spiro atoms. The van der Waals surface area contributed by atoms with Gasteiger partial charge in [0.25, 0.3) is 0 Å². The van der Waals surface area contributed by atoms with Crippen LogP contribution in [0.15, 0.2) is 30.3 Å². The zero-order valence-corrected chi connectivity index (χ0v) is 20.8. The van der Waals surface area contributed by atoms with E-state index in [2.05, 4.69) is 17.4 Å². The van der Waals surface area contributed by atoms with E-state index in [4.69, 9.17) is 14.5 Å². The number of rotatable bonds is 10. The fourth-order valence-corrected chi connectivity index (χ4v) is 5.71. The van der Waals surface area contributed by atoms with Gasteiger partial charge in [0.2, 0.25) is 0 Å². The van der Waals surface area contributed by atoms with E-state index in [1.165, 1.54) is 17.7 Å². The highest BCUT2D eigenvalue weighted by atomic mass is 19.1. The maximum atomic E-state index is 14.2. The fraction of sp³-hybridized carbons (Fsp3) is 0.571. The van der Waals surface area contributed by atoms with Crippen molar-refractivity contribution in [1.29, 1.82) is 0 Å². The summed E-state index contributed by atoms with van der Waals surface area (Å²) in [6, 6.07) is 7.99. The largest absolute Gasteiger partial charge is 0.480 e. The lowest BCUT2D eigenvalue weighted by molar-refractivity contribution is -0.143. The molecule has 1 unspecified atom stereocenters. The second-order valence-corrected chi connectivity index (χ2v) is 10.1. The minimum Gasteiger partial charge on any atom is -0.480 e. The first kappa shape index (κ1) is 25.1. The minimum absolute atomic E-state index is 0.00950. The Bertz CT molecular complexity index is 1060. The van der Waals surface area contributed by atoms with Crippen molar-refractivity contribution in [2.24, 2.45) is 0 Å². The zero-order valence-electron chi connectivity index (χ0n) is 20.8. The number of unbranched alkanes of at least 4 members (excludes halogenated alkanes) is 1. The zero-order chi connectivity index (χ0) is 24.9. The first-order chi connectivity index (χ1) is 17.6. The van der Waals surface area contributed by atoms with E-state index in [0.29, 0.717) is 38.5 Å². The number of nitrogens with one attached hydrogen (secondary N) is 1. The van der Waals surface area contributed by atoms with Crippen LogP contribution in [0.4, 0.5) is 10.2 Å². The Morgan fingerprint density at radius 1 is 1.28 bits per heavy atom. The van der Waals surface area contributed by atoms with Crippen molar-refractivity contribution in [1.82, 2.24) is 9.88 Å². The number of pyridine rings is 1. The van der Waals surface area contributed by atoms with Crippen molar-refractivity contribution < 1.29 is 23.8 Å². The average Bonchev–Trinajstić information content (AvgIpc) is 3.57. The molecule has 2 aromatic rings. The quantitative estimate of drug-likeness (QED) is 0.473. The van der Waals surface area contributed by atoms with Crippen LogP contribution < -0.4 is 5.32 Å². The van der Waals surface area contributed by atoms with Gasteiger partial charge in [-0.2, -0.15) is 0 Å². The molecule has 2 N–H and O–H groups in total. The molecular formula is C28H36FN3O4. The van der Waals surface area contributed by atoms with Crippen LogP contribution in [0.5, 0.6) is 0 Å². The number of ether oxygens (including phenoxy) is 2. The molecule has 1 aromatic carbocycles. The van der Waals surface area contributed by atoms with E-state index in [1.807, 2.05) is 4.90 Å². The molecule has 0 saturated carbocycles. The van der Waals surface area contributed by atoms with E-state index < -0.39 is 17.8 Å². The highest BCUT2D eigenvalue weighted by Gasteiger charge is 2.36. The highest BCUT2D eigenvalue weighted by Crippen LogP contribution is 2.36. The number of carboxylic acids is 1. The summed E-state index contributed by atoms with van der Waals surface area (Å²) in [6.45, 7) is 3.99. The molecule has 2 fully saturated rings. The van der Waals surface area contributed by atoms with Gasteiger partial charge in [-0.15, -0.1) is 0 Å². The molecular weight excluding hydrogens is 461 g/mol. The van der Waals surface area contributed by atoms with Gasteiger partial charge in [-0.05, 0) is 79.8 Å². The van der Waals surface area contributed by atoms with Crippen LogP contribution in [0.1, 0.15) is 66.4 Å². The molecule has 0 radical (unpaired) electrons. The lowest BCUT2D eigenvalue weighted by atomic mass is 9.89. The Labute approximate surface area is 212 Å². The van der Waals surface area contributed by atoms with Gasteiger partial charge in [-0.1, -0.05) is 12.1 Å². The van der Waals surface area contributed by atoms with Gasteiger partial charge >= 0.3 is 5.97 Å². The van der Waals surface area contributed by atoms with Crippen LogP contribution >= 0.6 is 0 Å². The van der Waals surface area contributed by atoms with Crippen LogP contribution in [-0.2, 0) is 27.1 Å². The highest BCUT2D eigenvalue weighted by molar-refractivity contribution is 5.76. The second kappa shape index (κ2) is 11.7. The van der Waals surface area contributed by atoms with Crippen LogP contribution in [0.25, 0.3) is 0 Å². The molecule has 4 heterocycles. The van der Waals surface area contributed by atoms with Gasteiger partial charge < -0.3 is 19.9 Å². The van der Waals surface area contributed by atoms with Crippen molar-refractivity contribution >= 4 is 11.8 Å². The molecule has 5 rings (SSSR count). The molecule has 1 aromatic heterocycles. The van der Waals surface area contributed by atoms with Crippen molar-refractivity contribution in [3.8, 4) is 0 Å². The molecule has 194 valence electrons. The normalized spacial score (nSPS) is 22.8. The summed E-state index contributed by atoms with van der Waals surface area (Å²) < 4.78 is 25.8. The van der Waals surface area contributed by atoms with Crippen LogP contribution in [0, 0.1) is 5.82 Å². The Morgan fingerprint density at radius 3 is 3.03 bits per heavy atom. The number of halogens is 1. The van der Waals surface area contributed by atoms with Crippen LogP contribution in [-0.4, -0.2) is 66.5 Å². The molecule has 0 bridgehead atoms. The number of anilines is 1. The number of aliphatic carboxylic acids is 1. The first-order valence-electron chi connectivity index (χ1n) is 13.3. The lowest BCUT2D eigenvalue weighted by Crippen LogP contribution is -2.34. The molecule has 2 saturated heterocycles. The second-order valence-electron chi connectivity index (χ2n) is 10.1. The van der Waals surface area contributed by atoms with E-state index in [0.717, 1.165) is 68.6 Å². The summed E-state index contributed by atoms with van der Waals surface area (Å²) in [5, 5.41) is 13.5. The Hall–Kier alpha value is -2.55. The van der Waals surface area contributed by atoms with E-state index in [-0.39, 0.29) is 12.0 Å². The summed E-state index contributed by atoms with van der Waals surface area (Å²) in [4.78, 5) is 19.0. The molecule has 36 heavy (non-hydrogen) atoms. The van der Waals surface area contributed by atoms with Gasteiger partial charge in [-0.3, -0.25) is 9.69 Å². The van der Waals surface area contributed by atoms with E-state index in [1.54, 1.807) is 6.07 Å². The van der Waals surface area contributed by atoms with Crippen molar-refractivity contribution in [2.45, 2.75) is 63.0 Å². The van der Waals surface area contributed by atoms with Gasteiger partial charge in [0.1, 0.15) is 17.7 Å². The fourth-order valence-electron chi connectivity index (χ4n) is 5.71. The Balaban J connectivity index is 1.12. The molecule has 8 heteroatoms. The SMILES string of the molecule is O=C(O)C(c1cc(F)ccc1[C@@H]1CCOC1)N1CC[C@@H](OCCCCc2ccc3c(n2)NCCC3)C1. The smallest absolute Gasteiger partial charge is 0.325 e. The first-order valence-corrected chi connectivity index (χ1v) is 13.3. The average molecular weight is 498 g/mol. The maximum absolute atomic E-state index is 14.2. The van der Waals surface area contributed by atoms with Crippen LogP contribution in [0.3, 0.4) is 0 Å². The summed E-state index contributed by atoms with van der Waals surface area (Å²) in [7, 11) is 0. The van der Waals surface area contributed by atoms with E-state index in [9.17, 15) is 14.3 Å². The molecule has 3 aliphatic heterocycles. The number of benzene rings is 1. The topological polar surface area (TPSA) is 83.9 Å². The molecule has 0 aliphatic carbocycles. The predicted molar refractivity (Wildman–Crippen MR) is 135 cm³/mol. The number of hydrogen-bond donors (Lipinski definition) is 2. The van der Waals surface area contributed by atoms with Gasteiger partial charge in [0.15, 0.2) is 0 Å². The molecule has 0 amide bonds. The number of carboxylic acid groups (broad SMARTS) is 1. The monoisotopic (exact) mass is 497 g/mol. The van der Waals surface area contributed by atoms with Gasteiger partial charge in [0, 0.05) is 44.5 Å². The number of nitrogens with zero attached hydrogens (tertiary/aromatic N) is 2. The number of aryl methyl sites for hydroxylation is 2. The van der Waals surface area contributed by atoms with Crippen LogP contribution in [0.2, 0.25) is 0 Å². The number of carbonyl (C=O) groups is 1. The van der Waals surface area contributed by atoms with Gasteiger partial charge in [0.05, 0.1) is 12.7 Å². The number of hydrogen-bond acceptors (Lipinski definition) is 6. The summed E-state index contributed by atoms with van der Waals surface area (Å²) in [6.07, 6.45) is 6.70. The van der Waals surface area contributed by atoms with Crippen molar-refractivity contribution in [3.05, 3.63) is 58.5 Å². The molecule has 3 aliphatic rings. The Morgan fingerprint density at radius 2 is 2.19 bits per heavy atom. The summed E-state index contributed by atoms with van der Waals surface area (Å²) >= 11 is 0. The maximum Gasteiger partial charge on any atom is 0.325 e. The third kappa shape index (κ3) is 5.88. The number of fused-ring (bicyclic) bond motifs is 1. The molecule has 7 nitrogen and oxygen atoms in total. The minimum atomic E-state index is -0.951. The summed E-state index contributed by atoms with van der Waals surface area (Å²) in [5.74, 6) is -0.211. The summed E-state index contributed by atoms with van der Waals surface area (Å²) in [5.41, 5.74) is 3.85. The Kier molecular flexibility index (Phi) is 8.14. The van der Waals surface area contributed by atoms with Gasteiger partial charge in [-0.25, -0.2) is 9.37 Å². The van der Waals surface area contributed by atoms with E-state index >= 15 is 0 Å².